The molecule has 3 aliphatic carbocycles. The monoisotopic (exact) mass is 1430 g/mol. The van der Waals surface area contributed by atoms with Crippen LogP contribution in [0, 0.1) is 96.3 Å². The molecule has 3 atom stereocenters. The van der Waals surface area contributed by atoms with E-state index in [-0.39, 0.29) is 63.7 Å². The highest BCUT2D eigenvalue weighted by molar-refractivity contribution is 7.91. The minimum Gasteiger partial charge on any atom is -0.497 e. The Morgan fingerprint density at radius 3 is 0.932 bits per heavy atom. The van der Waals surface area contributed by atoms with Crippen molar-refractivity contribution in [1.82, 2.24) is 0 Å². The van der Waals surface area contributed by atoms with E-state index in [0.29, 0.717) is 83.0 Å². The Morgan fingerprint density at radius 2 is 0.660 bits per heavy atom. The molecule has 10 rings (SSSR count). The fourth-order valence-electron chi connectivity index (χ4n) is 13.5. The lowest BCUT2D eigenvalue weighted by molar-refractivity contribution is -0.149. The van der Waals surface area contributed by atoms with Crippen molar-refractivity contribution < 1.29 is 64.6 Å². The van der Waals surface area contributed by atoms with Crippen LogP contribution in [0.5, 0.6) is 5.75 Å². The van der Waals surface area contributed by atoms with E-state index in [9.17, 15) is 45.6 Å². The number of hydrogen-bond donors (Lipinski definition) is 0. The number of benzene rings is 7. The van der Waals surface area contributed by atoms with Gasteiger partial charge >= 0.3 is 17.9 Å². The van der Waals surface area contributed by atoms with Crippen LogP contribution >= 0.6 is 0 Å². The van der Waals surface area contributed by atoms with Crippen LogP contribution in [0.4, 0.5) is 0 Å². The van der Waals surface area contributed by atoms with Crippen molar-refractivity contribution in [3.63, 3.8) is 0 Å². The molecule has 7 aromatic rings. The molecule has 544 valence electrons. The number of sulfone groups is 2. The summed E-state index contributed by atoms with van der Waals surface area (Å²) in [7, 11) is -5.10. The summed E-state index contributed by atoms with van der Waals surface area (Å²) >= 11 is 0. The molecule has 0 bridgehead atoms. The number of ether oxygens (including phenoxy) is 4. The Labute approximate surface area is 610 Å². The molecule has 3 aliphatic rings. The maximum atomic E-state index is 13.8. The van der Waals surface area contributed by atoms with Crippen LogP contribution in [0.15, 0.2) is 167 Å². The second kappa shape index (κ2) is 31.9. The molecule has 0 radical (unpaired) electrons. The summed E-state index contributed by atoms with van der Waals surface area (Å²) in [5.74, 6) is -0.0557. The average Bonchev–Trinajstić information content (AvgIpc) is 1.66. The average molecular weight is 1430 g/mol. The first-order valence-corrected chi connectivity index (χ1v) is 38.5. The van der Waals surface area contributed by atoms with Gasteiger partial charge in [0.25, 0.3) is 0 Å². The van der Waals surface area contributed by atoms with Gasteiger partial charge in [-0.2, -0.15) is 0 Å². The summed E-state index contributed by atoms with van der Waals surface area (Å²) in [6, 6.07) is 42.4. The first kappa shape index (κ1) is 79.6. The van der Waals surface area contributed by atoms with Gasteiger partial charge in [-0.15, -0.1) is 0 Å². The van der Waals surface area contributed by atoms with Crippen molar-refractivity contribution in [2.75, 3.05) is 13.4 Å². The summed E-state index contributed by atoms with van der Waals surface area (Å²) in [5, 5.41) is 0. The summed E-state index contributed by atoms with van der Waals surface area (Å²) in [5.41, 5.74) is 14.9. The fraction of sp³-hybridized carbons (Fsp3) is 0.379. The highest BCUT2D eigenvalue weighted by Crippen LogP contribution is 2.45. The van der Waals surface area contributed by atoms with Crippen LogP contribution < -0.4 is 4.74 Å². The van der Waals surface area contributed by atoms with Gasteiger partial charge in [0.2, 0.25) is 0 Å². The Kier molecular flexibility index (Phi) is 24.6. The van der Waals surface area contributed by atoms with Gasteiger partial charge in [0, 0.05) is 43.3 Å². The molecular weight excluding hydrogens is 1330 g/mol. The van der Waals surface area contributed by atoms with Crippen LogP contribution in [0.3, 0.4) is 0 Å². The highest BCUT2D eigenvalue weighted by Gasteiger charge is 2.42. The molecule has 0 heterocycles. The van der Waals surface area contributed by atoms with Crippen LogP contribution in [0.1, 0.15) is 171 Å². The van der Waals surface area contributed by atoms with Crippen molar-refractivity contribution in [2.45, 2.75) is 179 Å². The quantitative estimate of drug-likeness (QED) is 0.0614. The molecule has 16 heteroatoms. The van der Waals surface area contributed by atoms with E-state index in [2.05, 4.69) is 12.1 Å². The molecule has 14 nitrogen and oxygen atoms in total. The van der Waals surface area contributed by atoms with Crippen molar-refractivity contribution in [3.05, 3.63) is 246 Å². The lowest BCUT2D eigenvalue weighted by Crippen LogP contribution is -2.22. The van der Waals surface area contributed by atoms with Gasteiger partial charge in [-0.25, -0.2) is 16.8 Å². The van der Waals surface area contributed by atoms with E-state index in [4.69, 9.17) is 18.9 Å². The van der Waals surface area contributed by atoms with Gasteiger partial charge in [0.1, 0.15) is 23.0 Å². The van der Waals surface area contributed by atoms with Crippen molar-refractivity contribution in [3.8, 4) is 5.75 Å². The maximum absolute atomic E-state index is 13.8. The van der Waals surface area contributed by atoms with Crippen molar-refractivity contribution in [1.29, 1.82) is 0 Å². The summed E-state index contributed by atoms with van der Waals surface area (Å²) in [4.78, 5) is 79.8. The zero-order chi connectivity index (χ0) is 76.2. The summed E-state index contributed by atoms with van der Waals surface area (Å²) < 4.78 is 71.8. The number of Topliss-reactive ketones (excluding diaryl/α,β-unsaturated/α-hetero) is 3. The standard InChI is InChI=1S/C33H36O5S.C27H32O5S.C27H32O4/c1-21-16-22(2)29(23(3)17-21)30-28(38-32(35)33(4,5)6)19-26(31(30)34)18-24-12-14-25(15-13-24)20-39(36,37)27-10-8-7-9-11-27;1-16-12-17(2)23(18(3)13-16)24-22(32-26(29)27(4,5)6)15-20(25(24)28)14-19-8-10-21(11-9-19)33(7,30)31;1-16-12-17(2)23(18(3)13-16)24-22(31-26(29)27(4,5)6)15-20(25(24)28)14-19-8-10-21(30-7)11-9-19/h7-17,26H,18-20H2,1-6H3;8-13,20H,14-15H2,1-7H3;8-13,20H,14-15H2,1-7H3. The lowest BCUT2D eigenvalue weighted by atomic mass is 9.89. The van der Waals surface area contributed by atoms with Gasteiger partial charge in [0.15, 0.2) is 37.0 Å². The summed E-state index contributed by atoms with van der Waals surface area (Å²) in [6.07, 6.45) is 3.76. The predicted octanol–water partition coefficient (Wildman–Crippen LogP) is 17.6. The van der Waals surface area contributed by atoms with Gasteiger partial charge in [0.05, 0.1) is 55.6 Å². The molecule has 0 aromatic heterocycles. The number of rotatable bonds is 17. The number of allylic oxidation sites excluding steroid dienone is 6. The van der Waals surface area contributed by atoms with Gasteiger partial charge in [-0.1, -0.05) is 120 Å². The normalized spacial score (nSPS) is 16.5. The lowest BCUT2D eigenvalue weighted by Gasteiger charge is -2.18. The zero-order valence-electron chi connectivity index (χ0n) is 63.5. The SMILES string of the molecule is COc1ccc(CC2CC(OC(=O)C(C)(C)C)=C(c3c(C)cc(C)cc3C)C2=O)cc1.Cc1cc(C)c(C2=C(OC(=O)C(C)(C)C)CC(Cc3ccc(CS(=O)(=O)c4ccccc4)cc3)C2=O)c(C)c1.Cc1cc(C)c(C2=C(OC(=O)C(C)(C)C)CC(Cc3ccc(S(C)(=O)=O)cc3)C2=O)c(C)c1. The highest BCUT2D eigenvalue weighted by atomic mass is 32.2. The fourth-order valence-corrected chi connectivity index (χ4v) is 15.5. The Morgan fingerprint density at radius 1 is 0.388 bits per heavy atom. The minimum absolute atomic E-state index is 0.0301. The first-order chi connectivity index (χ1) is 47.9. The molecule has 0 amide bonds. The summed E-state index contributed by atoms with van der Waals surface area (Å²) in [6.45, 7) is 34.2. The van der Waals surface area contributed by atoms with E-state index >= 15 is 0 Å². The Balaban J connectivity index is 0.000000197. The predicted molar refractivity (Wildman–Crippen MR) is 406 cm³/mol. The van der Waals surface area contributed by atoms with Gasteiger partial charge in [-0.05, 0) is 253 Å². The zero-order valence-corrected chi connectivity index (χ0v) is 65.1. The molecule has 0 N–H and O–H groups in total. The molecular formula is C87H100O14S2. The Bertz CT molecular complexity index is 4710. The van der Waals surface area contributed by atoms with E-state index in [1.807, 2.05) is 144 Å². The topological polar surface area (TPSA) is 208 Å². The minimum atomic E-state index is -3.45. The molecule has 0 saturated heterocycles. The first-order valence-electron chi connectivity index (χ1n) is 35.0. The van der Waals surface area contributed by atoms with E-state index in [0.717, 1.165) is 89.2 Å². The third-order valence-electron chi connectivity index (χ3n) is 18.7. The van der Waals surface area contributed by atoms with E-state index in [1.165, 1.54) is 6.26 Å². The van der Waals surface area contributed by atoms with Crippen molar-refractivity contribution >= 4 is 71.7 Å². The number of esters is 3. The molecule has 0 aliphatic heterocycles. The van der Waals surface area contributed by atoms with Crippen LogP contribution in [0.2, 0.25) is 0 Å². The molecule has 0 fully saturated rings. The number of ketones is 3. The van der Waals surface area contributed by atoms with Gasteiger partial charge < -0.3 is 18.9 Å². The largest absolute Gasteiger partial charge is 0.497 e. The molecule has 0 saturated carbocycles. The maximum Gasteiger partial charge on any atom is 0.316 e. The number of carbonyl (C=O) groups excluding carboxylic acids is 6. The number of hydrogen-bond acceptors (Lipinski definition) is 14. The van der Waals surface area contributed by atoms with Gasteiger partial charge in [-0.3, -0.25) is 28.8 Å². The molecule has 3 unspecified atom stereocenters. The smallest absolute Gasteiger partial charge is 0.316 e. The Hall–Kier alpha value is -9.12. The third kappa shape index (κ3) is 19.6. The molecule has 7 aromatic carbocycles. The number of methoxy groups -OCH3 is 1. The van der Waals surface area contributed by atoms with Crippen LogP contribution in [-0.4, -0.2) is 65.5 Å². The second-order valence-electron chi connectivity index (χ2n) is 31.2. The third-order valence-corrected chi connectivity index (χ3v) is 21.5. The number of aryl methyl sites for hydroxylation is 9. The van der Waals surface area contributed by atoms with Crippen LogP contribution in [-0.2, 0) is 87.7 Å². The van der Waals surface area contributed by atoms with Crippen molar-refractivity contribution in [2.24, 2.45) is 34.0 Å². The molecule has 103 heavy (non-hydrogen) atoms. The second-order valence-corrected chi connectivity index (χ2v) is 35.2. The van der Waals surface area contributed by atoms with E-state index < -0.39 is 35.9 Å². The number of carbonyl (C=O) groups is 6. The molecule has 0 spiro atoms. The van der Waals surface area contributed by atoms with E-state index in [1.54, 1.807) is 115 Å². The van der Waals surface area contributed by atoms with Crippen LogP contribution in [0.25, 0.3) is 16.7 Å².